The highest BCUT2D eigenvalue weighted by molar-refractivity contribution is 5.94. The van der Waals surface area contributed by atoms with Crippen molar-refractivity contribution in [1.29, 1.82) is 0 Å². The van der Waals surface area contributed by atoms with Crippen molar-refractivity contribution in [3.8, 4) is 0 Å². The fraction of sp³-hybridized carbons (Fsp3) is 0.375. The van der Waals surface area contributed by atoms with Gasteiger partial charge >= 0.3 is 0 Å². The first-order valence-corrected chi connectivity index (χ1v) is 7.06. The lowest BCUT2D eigenvalue weighted by Crippen LogP contribution is -2.41. The third kappa shape index (κ3) is 3.24. The molecule has 112 valence electrons. The van der Waals surface area contributed by atoms with Gasteiger partial charge < -0.3 is 15.2 Å². The van der Waals surface area contributed by atoms with Crippen molar-refractivity contribution in [1.82, 2.24) is 9.88 Å². The zero-order chi connectivity index (χ0) is 15.6. The standard InChI is InChI=1S/C16H21N3O2/c1-10(2)17-16(21)11(3)18-13-9-15(20)19(4)14-8-6-5-7-12(13)14/h5-11,18H,1-4H3,(H,17,21). The van der Waals surface area contributed by atoms with Crippen molar-refractivity contribution in [3.05, 3.63) is 40.7 Å². The summed E-state index contributed by atoms with van der Waals surface area (Å²) in [5.41, 5.74) is 1.41. The summed E-state index contributed by atoms with van der Waals surface area (Å²) in [5, 5.41) is 6.90. The molecule has 0 aliphatic rings. The molecule has 5 nitrogen and oxygen atoms in total. The number of hydrogen-bond acceptors (Lipinski definition) is 3. The summed E-state index contributed by atoms with van der Waals surface area (Å²) in [4.78, 5) is 24.0. The van der Waals surface area contributed by atoms with Crippen LogP contribution in [0, 0.1) is 0 Å². The summed E-state index contributed by atoms with van der Waals surface area (Å²) in [6, 6.07) is 8.83. The highest BCUT2D eigenvalue weighted by Gasteiger charge is 2.15. The van der Waals surface area contributed by atoms with Crippen LogP contribution in [0.25, 0.3) is 10.9 Å². The van der Waals surface area contributed by atoms with Gasteiger partial charge in [0, 0.05) is 30.2 Å². The van der Waals surface area contributed by atoms with E-state index >= 15 is 0 Å². The van der Waals surface area contributed by atoms with Crippen LogP contribution >= 0.6 is 0 Å². The Labute approximate surface area is 124 Å². The third-order valence-electron chi connectivity index (χ3n) is 3.35. The smallest absolute Gasteiger partial charge is 0.252 e. The minimum absolute atomic E-state index is 0.0853. The number of anilines is 1. The van der Waals surface area contributed by atoms with Gasteiger partial charge in [0.15, 0.2) is 0 Å². The van der Waals surface area contributed by atoms with Crippen molar-refractivity contribution in [2.75, 3.05) is 5.32 Å². The first kappa shape index (κ1) is 15.1. The van der Waals surface area contributed by atoms with E-state index in [1.807, 2.05) is 38.1 Å². The molecule has 2 aromatic rings. The molecule has 1 aromatic carbocycles. The molecule has 1 aromatic heterocycles. The van der Waals surface area contributed by atoms with Crippen molar-refractivity contribution >= 4 is 22.5 Å². The maximum Gasteiger partial charge on any atom is 0.252 e. The lowest BCUT2D eigenvalue weighted by atomic mass is 10.1. The van der Waals surface area contributed by atoms with Gasteiger partial charge in [0.05, 0.1) is 5.52 Å². The summed E-state index contributed by atoms with van der Waals surface area (Å²) >= 11 is 0. The molecule has 0 spiro atoms. The fourth-order valence-electron chi connectivity index (χ4n) is 2.24. The molecule has 1 heterocycles. The predicted molar refractivity (Wildman–Crippen MR) is 85.6 cm³/mol. The summed E-state index contributed by atoms with van der Waals surface area (Å²) < 4.78 is 1.60. The highest BCUT2D eigenvalue weighted by Crippen LogP contribution is 2.21. The van der Waals surface area contributed by atoms with Gasteiger partial charge in [0.2, 0.25) is 5.91 Å². The zero-order valence-corrected chi connectivity index (χ0v) is 12.8. The Hall–Kier alpha value is -2.30. The van der Waals surface area contributed by atoms with E-state index in [2.05, 4.69) is 10.6 Å². The number of aryl methyl sites for hydroxylation is 1. The number of aromatic nitrogens is 1. The van der Waals surface area contributed by atoms with Crippen molar-refractivity contribution in [2.24, 2.45) is 7.05 Å². The van der Waals surface area contributed by atoms with Crippen LogP contribution in [-0.2, 0) is 11.8 Å². The molecule has 5 heteroatoms. The lowest BCUT2D eigenvalue weighted by molar-refractivity contribution is -0.122. The quantitative estimate of drug-likeness (QED) is 0.902. The molecule has 0 radical (unpaired) electrons. The molecule has 0 fully saturated rings. The van der Waals surface area contributed by atoms with Crippen LogP contribution in [0.1, 0.15) is 20.8 Å². The molecule has 0 aliphatic heterocycles. The number of rotatable bonds is 4. The molecule has 2 rings (SSSR count). The van der Waals surface area contributed by atoms with E-state index < -0.39 is 6.04 Å². The predicted octanol–water partition coefficient (Wildman–Crippen LogP) is 1.86. The fourth-order valence-corrected chi connectivity index (χ4v) is 2.24. The van der Waals surface area contributed by atoms with Gasteiger partial charge in [-0.2, -0.15) is 0 Å². The monoisotopic (exact) mass is 287 g/mol. The van der Waals surface area contributed by atoms with E-state index in [-0.39, 0.29) is 17.5 Å². The zero-order valence-electron chi connectivity index (χ0n) is 12.8. The van der Waals surface area contributed by atoms with E-state index in [1.165, 1.54) is 6.07 Å². The maximum absolute atomic E-state index is 12.0. The average Bonchev–Trinajstić information content (AvgIpc) is 2.43. The van der Waals surface area contributed by atoms with Crippen LogP contribution in [0.5, 0.6) is 0 Å². The van der Waals surface area contributed by atoms with Crippen LogP contribution in [0.4, 0.5) is 5.69 Å². The first-order chi connectivity index (χ1) is 9.90. The van der Waals surface area contributed by atoms with Crippen LogP contribution in [-0.4, -0.2) is 22.6 Å². The second kappa shape index (κ2) is 5.99. The molecular formula is C16H21N3O2. The minimum Gasteiger partial charge on any atom is -0.373 e. The summed E-state index contributed by atoms with van der Waals surface area (Å²) in [5.74, 6) is -0.0882. The molecule has 1 atom stereocenters. The van der Waals surface area contributed by atoms with Crippen LogP contribution in [0.15, 0.2) is 35.1 Å². The Morgan fingerprint density at radius 1 is 1.19 bits per heavy atom. The number of para-hydroxylation sites is 1. The Kier molecular flexibility index (Phi) is 4.31. The summed E-state index contributed by atoms with van der Waals surface area (Å²) in [7, 11) is 1.74. The van der Waals surface area contributed by atoms with Crippen molar-refractivity contribution in [2.45, 2.75) is 32.9 Å². The molecule has 0 bridgehead atoms. The van der Waals surface area contributed by atoms with Gasteiger partial charge in [-0.1, -0.05) is 18.2 Å². The number of hydrogen-bond donors (Lipinski definition) is 2. The molecule has 2 N–H and O–H groups in total. The molecule has 21 heavy (non-hydrogen) atoms. The number of amides is 1. The number of carbonyl (C=O) groups excluding carboxylic acids is 1. The van der Waals surface area contributed by atoms with Crippen molar-refractivity contribution in [3.63, 3.8) is 0 Å². The Bertz CT molecular complexity index is 719. The first-order valence-electron chi connectivity index (χ1n) is 7.06. The molecule has 1 unspecified atom stereocenters. The van der Waals surface area contributed by atoms with E-state index in [1.54, 1.807) is 18.5 Å². The molecule has 0 aliphatic carbocycles. The summed E-state index contributed by atoms with van der Waals surface area (Å²) in [6.07, 6.45) is 0. The minimum atomic E-state index is -0.414. The average molecular weight is 287 g/mol. The molecule has 1 amide bonds. The van der Waals surface area contributed by atoms with Gasteiger partial charge in [-0.15, -0.1) is 0 Å². The number of fused-ring (bicyclic) bond motifs is 1. The maximum atomic E-state index is 12.0. The van der Waals surface area contributed by atoms with Gasteiger partial charge in [-0.3, -0.25) is 9.59 Å². The van der Waals surface area contributed by atoms with Crippen LogP contribution < -0.4 is 16.2 Å². The second-order valence-electron chi connectivity index (χ2n) is 5.50. The Balaban J connectivity index is 2.37. The number of pyridine rings is 1. The molecule has 0 saturated carbocycles. The van der Waals surface area contributed by atoms with Crippen LogP contribution in [0.2, 0.25) is 0 Å². The van der Waals surface area contributed by atoms with Gasteiger partial charge in [-0.05, 0) is 26.8 Å². The van der Waals surface area contributed by atoms with Crippen molar-refractivity contribution < 1.29 is 4.79 Å². The highest BCUT2D eigenvalue weighted by atomic mass is 16.2. The SMILES string of the molecule is CC(C)NC(=O)C(C)Nc1cc(=O)n(C)c2ccccc12. The Morgan fingerprint density at radius 3 is 2.52 bits per heavy atom. The molecular weight excluding hydrogens is 266 g/mol. The largest absolute Gasteiger partial charge is 0.373 e. The number of nitrogens with one attached hydrogen (secondary N) is 2. The number of benzene rings is 1. The van der Waals surface area contributed by atoms with Gasteiger partial charge in [0.25, 0.3) is 5.56 Å². The van der Waals surface area contributed by atoms with E-state index in [0.29, 0.717) is 5.69 Å². The van der Waals surface area contributed by atoms with Gasteiger partial charge in [0.1, 0.15) is 6.04 Å². The molecule has 0 saturated heterocycles. The third-order valence-corrected chi connectivity index (χ3v) is 3.35. The van der Waals surface area contributed by atoms with E-state index in [9.17, 15) is 9.59 Å². The summed E-state index contributed by atoms with van der Waals surface area (Å²) in [6.45, 7) is 5.61. The topological polar surface area (TPSA) is 63.1 Å². The normalized spacial score (nSPS) is 12.4. The Morgan fingerprint density at radius 2 is 1.86 bits per heavy atom. The number of nitrogens with zero attached hydrogens (tertiary/aromatic N) is 1. The second-order valence-corrected chi connectivity index (χ2v) is 5.50. The lowest BCUT2D eigenvalue weighted by Gasteiger charge is -2.18. The van der Waals surface area contributed by atoms with E-state index in [4.69, 9.17) is 0 Å². The van der Waals surface area contributed by atoms with E-state index in [0.717, 1.165) is 10.9 Å². The number of carbonyl (C=O) groups is 1. The van der Waals surface area contributed by atoms with Crippen LogP contribution in [0.3, 0.4) is 0 Å². The van der Waals surface area contributed by atoms with Gasteiger partial charge in [-0.25, -0.2) is 0 Å².